The third-order valence-corrected chi connectivity index (χ3v) is 4.17. The van der Waals surface area contributed by atoms with E-state index in [9.17, 15) is 9.90 Å². The van der Waals surface area contributed by atoms with Gasteiger partial charge in [0.05, 0.1) is 6.61 Å². The Labute approximate surface area is 125 Å². The van der Waals surface area contributed by atoms with Crippen molar-refractivity contribution in [1.82, 2.24) is 19.7 Å². The molecule has 21 heavy (non-hydrogen) atoms. The quantitative estimate of drug-likeness (QED) is 0.767. The van der Waals surface area contributed by atoms with Gasteiger partial charge in [0.25, 0.3) is 0 Å². The highest BCUT2D eigenvalue weighted by atomic mass is 16.3. The summed E-state index contributed by atoms with van der Waals surface area (Å²) in [4.78, 5) is 18.1. The van der Waals surface area contributed by atoms with Crippen molar-refractivity contribution < 1.29 is 9.90 Å². The number of carbonyl (C=O) groups is 1. The Morgan fingerprint density at radius 1 is 1.52 bits per heavy atom. The highest BCUT2D eigenvalue weighted by Gasteiger charge is 2.35. The predicted octanol–water partition coefficient (Wildman–Crippen LogP) is 1.24. The van der Waals surface area contributed by atoms with Gasteiger partial charge in [-0.2, -0.15) is 5.10 Å². The molecule has 1 aromatic heterocycles. The maximum atomic E-state index is 12.3. The zero-order valence-corrected chi connectivity index (χ0v) is 12.4. The first-order valence-electron chi connectivity index (χ1n) is 7.51. The van der Waals surface area contributed by atoms with Crippen molar-refractivity contribution in [3.63, 3.8) is 0 Å². The first-order valence-corrected chi connectivity index (χ1v) is 7.51. The molecule has 1 aromatic rings. The monoisotopic (exact) mass is 292 g/mol. The molecule has 6 heteroatoms. The molecule has 0 spiro atoms. The highest BCUT2D eigenvalue weighted by molar-refractivity contribution is 5.76. The number of carbonyl (C=O) groups excluding carboxylic acids is 1. The molecule has 1 fully saturated rings. The van der Waals surface area contributed by atoms with Gasteiger partial charge in [0.15, 0.2) is 0 Å². The molecule has 0 aromatic carbocycles. The maximum absolute atomic E-state index is 12.3. The highest BCUT2D eigenvalue weighted by Crippen LogP contribution is 2.33. The molecule has 6 nitrogen and oxygen atoms in total. The van der Waals surface area contributed by atoms with Gasteiger partial charge < -0.3 is 10.0 Å². The van der Waals surface area contributed by atoms with Crippen LogP contribution in [0.2, 0.25) is 0 Å². The summed E-state index contributed by atoms with van der Waals surface area (Å²) >= 11 is 0. The van der Waals surface area contributed by atoms with Crippen LogP contribution in [0, 0.1) is 5.41 Å². The molecule has 1 aliphatic heterocycles. The minimum atomic E-state index is -0.193. The number of hydrogen-bond acceptors (Lipinski definition) is 4. The van der Waals surface area contributed by atoms with Crippen molar-refractivity contribution in [1.29, 1.82) is 0 Å². The molecule has 1 atom stereocenters. The average molecular weight is 292 g/mol. The first-order chi connectivity index (χ1) is 10.2. The molecule has 2 rings (SSSR count). The molecule has 1 amide bonds. The second-order valence-electron chi connectivity index (χ2n) is 5.83. The van der Waals surface area contributed by atoms with E-state index in [1.165, 1.54) is 6.33 Å². The molecule has 0 aliphatic carbocycles. The SMILES string of the molecule is C=CC[C@@]1(CO)CCCN(C(=O)CCCn2cncn2)C1. The van der Waals surface area contributed by atoms with Gasteiger partial charge in [-0.3, -0.25) is 9.48 Å². The van der Waals surface area contributed by atoms with Gasteiger partial charge in [0.2, 0.25) is 5.91 Å². The zero-order valence-electron chi connectivity index (χ0n) is 12.4. The van der Waals surface area contributed by atoms with E-state index in [1.807, 2.05) is 11.0 Å². The summed E-state index contributed by atoms with van der Waals surface area (Å²) < 4.78 is 1.74. The van der Waals surface area contributed by atoms with Gasteiger partial charge in [-0.1, -0.05) is 6.08 Å². The number of amides is 1. The fourth-order valence-electron chi connectivity index (χ4n) is 2.99. The van der Waals surface area contributed by atoms with Crippen LogP contribution in [-0.4, -0.2) is 50.4 Å². The Hall–Kier alpha value is -1.69. The second kappa shape index (κ2) is 7.36. The minimum Gasteiger partial charge on any atom is -0.396 e. The topological polar surface area (TPSA) is 71.2 Å². The number of aryl methyl sites for hydroxylation is 1. The Morgan fingerprint density at radius 2 is 2.38 bits per heavy atom. The smallest absolute Gasteiger partial charge is 0.222 e. The summed E-state index contributed by atoms with van der Waals surface area (Å²) in [7, 11) is 0. The van der Waals surface area contributed by atoms with Crippen molar-refractivity contribution in [3.8, 4) is 0 Å². The first kappa shape index (κ1) is 15.7. The number of aromatic nitrogens is 3. The number of hydrogen-bond donors (Lipinski definition) is 1. The number of likely N-dealkylation sites (tertiary alicyclic amines) is 1. The number of piperidine rings is 1. The van der Waals surface area contributed by atoms with Gasteiger partial charge in [-0.05, 0) is 25.7 Å². The van der Waals surface area contributed by atoms with Crippen molar-refractivity contribution in [3.05, 3.63) is 25.3 Å². The lowest BCUT2D eigenvalue weighted by atomic mass is 9.77. The largest absolute Gasteiger partial charge is 0.396 e. The van der Waals surface area contributed by atoms with Crippen LogP contribution >= 0.6 is 0 Å². The third kappa shape index (κ3) is 4.14. The van der Waals surface area contributed by atoms with E-state index in [2.05, 4.69) is 16.7 Å². The fraction of sp³-hybridized carbons (Fsp3) is 0.667. The van der Waals surface area contributed by atoms with E-state index >= 15 is 0 Å². The number of allylic oxidation sites excluding steroid dienone is 1. The lowest BCUT2D eigenvalue weighted by Crippen LogP contribution is -2.47. The predicted molar refractivity (Wildman–Crippen MR) is 79.4 cm³/mol. The Morgan fingerprint density at radius 3 is 3.05 bits per heavy atom. The van der Waals surface area contributed by atoms with Crippen LogP contribution in [-0.2, 0) is 11.3 Å². The molecule has 0 saturated carbocycles. The molecule has 1 N–H and O–H groups in total. The normalized spacial score (nSPS) is 22.2. The van der Waals surface area contributed by atoms with Crippen LogP contribution in [0.5, 0.6) is 0 Å². The molecule has 116 valence electrons. The molecule has 1 saturated heterocycles. The van der Waals surface area contributed by atoms with E-state index in [-0.39, 0.29) is 17.9 Å². The van der Waals surface area contributed by atoms with Gasteiger partial charge in [0.1, 0.15) is 12.7 Å². The molecule has 2 heterocycles. The van der Waals surface area contributed by atoms with Crippen molar-refractivity contribution in [2.45, 2.75) is 38.6 Å². The summed E-state index contributed by atoms with van der Waals surface area (Å²) in [6, 6.07) is 0. The number of aliphatic hydroxyl groups excluding tert-OH is 1. The second-order valence-corrected chi connectivity index (χ2v) is 5.83. The third-order valence-electron chi connectivity index (χ3n) is 4.17. The molecule has 0 radical (unpaired) electrons. The average Bonchev–Trinajstić information content (AvgIpc) is 3.01. The summed E-state index contributed by atoms with van der Waals surface area (Å²) in [5, 5.41) is 13.7. The van der Waals surface area contributed by atoms with E-state index < -0.39 is 0 Å². The number of aliphatic hydroxyl groups is 1. The van der Waals surface area contributed by atoms with Crippen LogP contribution in [0.15, 0.2) is 25.3 Å². The van der Waals surface area contributed by atoms with Gasteiger partial charge in [-0.15, -0.1) is 6.58 Å². The van der Waals surface area contributed by atoms with Gasteiger partial charge in [-0.25, -0.2) is 4.98 Å². The van der Waals surface area contributed by atoms with E-state index in [4.69, 9.17) is 0 Å². The van der Waals surface area contributed by atoms with Crippen LogP contribution in [0.25, 0.3) is 0 Å². The molecule has 1 aliphatic rings. The zero-order chi connectivity index (χ0) is 15.1. The molecular formula is C15H24N4O2. The van der Waals surface area contributed by atoms with Crippen LogP contribution in [0.3, 0.4) is 0 Å². The lowest BCUT2D eigenvalue weighted by Gasteiger charge is -2.41. The number of nitrogens with zero attached hydrogens (tertiary/aromatic N) is 4. The van der Waals surface area contributed by atoms with Crippen LogP contribution in [0.1, 0.15) is 32.1 Å². The van der Waals surface area contributed by atoms with E-state index in [0.717, 1.165) is 32.2 Å². The van der Waals surface area contributed by atoms with Crippen LogP contribution < -0.4 is 0 Å². The summed E-state index contributed by atoms with van der Waals surface area (Å²) in [5.74, 6) is 0.164. The van der Waals surface area contributed by atoms with Crippen molar-refractivity contribution in [2.24, 2.45) is 5.41 Å². The van der Waals surface area contributed by atoms with E-state index in [1.54, 1.807) is 11.0 Å². The standard InChI is InChI=1S/C15H24N4O2/c1-2-6-15(11-20)7-4-8-18(10-15)14(21)5-3-9-19-13-16-12-17-19/h2,12-13,20H,1,3-11H2/t15-/m1/s1. The summed E-state index contributed by atoms with van der Waals surface area (Å²) in [5.41, 5.74) is -0.193. The summed E-state index contributed by atoms with van der Waals surface area (Å²) in [6.45, 7) is 6.01. The number of rotatable bonds is 7. The molecule has 0 unspecified atom stereocenters. The Bertz CT molecular complexity index is 460. The van der Waals surface area contributed by atoms with Crippen molar-refractivity contribution >= 4 is 5.91 Å². The Balaban J connectivity index is 1.82. The van der Waals surface area contributed by atoms with Gasteiger partial charge >= 0.3 is 0 Å². The Kier molecular flexibility index (Phi) is 5.50. The lowest BCUT2D eigenvalue weighted by molar-refractivity contribution is -0.135. The van der Waals surface area contributed by atoms with Crippen LogP contribution in [0.4, 0.5) is 0 Å². The maximum Gasteiger partial charge on any atom is 0.222 e. The van der Waals surface area contributed by atoms with Crippen molar-refractivity contribution in [2.75, 3.05) is 19.7 Å². The fourth-order valence-corrected chi connectivity index (χ4v) is 2.99. The minimum absolute atomic E-state index is 0.113. The van der Waals surface area contributed by atoms with E-state index in [0.29, 0.717) is 19.5 Å². The van der Waals surface area contributed by atoms with Gasteiger partial charge in [0, 0.05) is 31.5 Å². The molecule has 0 bridgehead atoms. The molecular weight excluding hydrogens is 268 g/mol. The summed E-state index contributed by atoms with van der Waals surface area (Å²) in [6.07, 6.45) is 8.92.